The van der Waals surface area contributed by atoms with Crippen LogP contribution in [0.25, 0.3) is 0 Å². The summed E-state index contributed by atoms with van der Waals surface area (Å²) < 4.78 is 0. The van der Waals surface area contributed by atoms with Gasteiger partial charge < -0.3 is 10.6 Å². The highest BCUT2D eigenvalue weighted by atomic mass is 32.2. The molecule has 0 aliphatic carbocycles. The van der Waals surface area contributed by atoms with Crippen LogP contribution >= 0.6 is 11.8 Å². The number of carbonyl (C=O) groups excluding carboxylic acids is 3. The number of nitrogens with zero attached hydrogens (tertiary/aromatic N) is 1. The maximum absolute atomic E-state index is 12.3. The molecule has 0 bridgehead atoms. The first kappa shape index (κ1) is 18.8. The molecule has 0 spiro atoms. The number of aliphatic imine (C=N–C) groups is 1. The van der Waals surface area contributed by atoms with E-state index in [1.54, 1.807) is 24.3 Å². The Morgan fingerprint density at radius 1 is 1.11 bits per heavy atom. The minimum absolute atomic E-state index is 0.0551. The van der Waals surface area contributed by atoms with Gasteiger partial charge in [0.1, 0.15) is 5.92 Å². The topological polar surface area (TPSA) is 87.6 Å². The Bertz CT molecular complexity index is 869. The van der Waals surface area contributed by atoms with E-state index in [1.165, 1.54) is 0 Å². The number of benzene rings is 2. The number of carbonyl (C=O) groups is 3. The SMILES string of the molecule is CC(NC(=O)CSC1=NC(=O)C(c2ccccc2)C(=O)N1)c1ccccc1. The fourth-order valence-electron chi connectivity index (χ4n) is 2.73. The lowest BCUT2D eigenvalue weighted by Gasteiger charge is -2.20. The number of thioether (sulfide) groups is 1. The third-order valence-electron chi connectivity index (χ3n) is 4.10. The minimum Gasteiger partial charge on any atom is -0.349 e. The second kappa shape index (κ2) is 8.64. The summed E-state index contributed by atoms with van der Waals surface area (Å²) in [5, 5.41) is 5.64. The molecule has 7 heteroatoms. The Morgan fingerprint density at radius 3 is 2.37 bits per heavy atom. The normalized spacial score (nSPS) is 17.7. The summed E-state index contributed by atoms with van der Waals surface area (Å²) in [6.45, 7) is 1.89. The third-order valence-corrected chi connectivity index (χ3v) is 4.97. The number of rotatable bonds is 5. The molecule has 2 aromatic carbocycles. The molecule has 0 saturated carbocycles. The Kier molecular flexibility index (Phi) is 6.03. The maximum atomic E-state index is 12.3. The lowest BCUT2D eigenvalue weighted by molar-refractivity contribution is -0.129. The summed E-state index contributed by atoms with van der Waals surface area (Å²) in [5.74, 6) is -2.04. The van der Waals surface area contributed by atoms with Gasteiger partial charge in [-0.1, -0.05) is 72.4 Å². The molecule has 138 valence electrons. The molecule has 27 heavy (non-hydrogen) atoms. The summed E-state index contributed by atoms with van der Waals surface area (Å²) in [7, 11) is 0. The Balaban J connectivity index is 1.56. The molecule has 0 radical (unpaired) electrons. The van der Waals surface area contributed by atoms with E-state index in [1.807, 2.05) is 43.3 Å². The zero-order valence-electron chi connectivity index (χ0n) is 14.7. The van der Waals surface area contributed by atoms with Gasteiger partial charge in [0.2, 0.25) is 11.8 Å². The van der Waals surface area contributed by atoms with Crippen LogP contribution in [-0.2, 0) is 14.4 Å². The summed E-state index contributed by atoms with van der Waals surface area (Å²) >= 11 is 1.03. The van der Waals surface area contributed by atoms with Crippen molar-refractivity contribution >= 4 is 34.7 Å². The summed E-state index contributed by atoms with van der Waals surface area (Å²) in [6, 6.07) is 18.3. The van der Waals surface area contributed by atoms with Gasteiger partial charge in [-0.2, -0.15) is 4.99 Å². The van der Waals surface area contributed by atoms with Gasteiger partial charge in [-0.15, -0.1) is 0 Å². The summed E-state index contributed by atoms with van der Waals surface area (Å²) in [4.78, 5) is 40.6. The molecule has 2 unspecified atom stereocenters. The van der Waals surface area contributed by atoms with Gasteiger partial charge in [-0.05, 0) is 18.1 Å². The molecule has 1 heterocycles. The Hall–Kier alpha value is -2.93. The molecule has 3 rings (SSSR count). The molecule has 2 atom stereocenters. The fraction of sp³-hybridized carbons (Fsp3) is 0.200. The number of amides is 3. The predicted octanol–water partition coefficient (Wildman–Crippen LogP) is 2.39. The molecule has 6 nitrogen and oxygen atoms in total. The van der Waals surface area contributed by atoms with Crippen molar-refractivity contribution in [3.8, 4) is 0 Å². The first-order chi connectivity index (χ1) is 13.0. The van der Waals surface area contributed by atoms with Crippen LogP contribution in [0.15, 0.2) is 65.7 Å². The lowest BCUT2D eigenvalue weighted by Crippen LogP contribution is -2.42. The first-order valence-corrected chi connectivity index (χ1v) is 9.48. The van der Waals surface area contributed by atoms with Crippen molar-refractivity contribution < 1.29 is 14.4 Å². The van der Waals surface area contributed by atoms with E-state index < -0.39 is 17.7 Å². The van der Waals surface area contributed by atoms with Crippen molar-refractivity contribution in [2.75, 3.05) is 5.75 Å². The van der Waals surface area contributed by atoms with Crippen molar-refractivity contribution in [3.05, 3.63) is 71.8 Å². The number of hydrogen-bond donors (Lipinski definition) is 2. The zero-order valence-corrected chi connectivity index (χ0v) is 15.5. The van der Waals surface area contributed by atoms with Gasteiger partial charge >= 0.3 is 0 Å². The average molecular weight is 381 g/mol. The van der Waals surface area contributed by atoms with E-state index in [0.29, 0.717) is 5.56 Å². The van der Waals surface area contributed by atoms with Crippen LogP contribution in [0.4, 0.5) is 0 Å². The van der Waals surface area contributed by atoms with Crippen LogP contribution in [-0.4, -0.2) is 28.6 Å². The van der Waals surface area contributed by atoms with Gasteiger partial charge in [0, 0.05) is 0 Å². The van der Waals surface area contributed by atoms with Crippen molar-refractivity contribution in [1.29, 1.82) is 0 Å². The van der Waals surface area contributed by atoms with E-state index in [4.69, 9.17) is 0 Å². The molecule has 0 saturated heterocycles. The molecule has 1 aliphatic heterocycles. The standard InChI is InChI=1S/C20H19N3O3S/c1-13(14-8-4-2-5-9-14)21-16(24)12-27-20-22-18(25)17(19(26)23-20)15-10-6-3-7-11-15/h2-11,13,17H,12H2,1H3,(H,21,24)(H,22,23,25,26). The molecule has 2 N–H and O–H groups in total. The van der Waals surface area contributed by atoms with Crippen molar-refractivity contribution in [3.63, 3.8) is 0 Å². The minimum atomic E-state index is -0.942. The Morgan fingerprint density at radius 2 is 1.74 bits per heavy atom. The highest BCUT2D eigenvalue weighted by Gasteiger charge is 2.33. The highest BCUT2D eigenvalue weighted by molar-refractivity contribution is 8.14. The van der Waals surface area contributed by atoms with Crippen LogP contribution in [0.1, 0.15) is 30.0 Å². The molecule has 2 aromatic rings. The molecule has 0 aromatic heterocycles. The monoisotopic (exact) mass is 381 g/mol. The van der Waals surface area contributed by atoms with E-state index in [-0.39, 0.29) is 22.9 Å². The first-order valence-electron chi connectivity index (χ1n) is 8.50. The van der Waals surface area contributed by atoms with E-state index >= 15 is 0 Å². The molecule has 3 amide bonds. The van der Waals surface area contributed by atoms with Crippen LogP contribution in [0, 0.1) is 0 Å². The molecule has 0 fully saturated rings. The second-order valence-corrected chi connectivity index (χ2v) is 7.04. The third kappa shape index (κ3) is 4.83. The summed E-state index contributed by atoms with van der Waals surface area (Å²) in [5.41, 5.74) is 1.60. The van der Waals surface area contributed by atoms with Gasteiger partial charge in [-0.25, -0.2) is 0 Å². The van der Waals surface area contributed by atoms with Crippen molar-refractivity contribution in [2.45, 2.75) is 18.9 Å². The predicted molar refractivity (Wildman–Crippen MR) is 105 cm³/mol. The number of nitrogens with one attached hydrogen (secondary N) is 2. The van der Waals surface area contributed by atoms with E-state index in [0.717, 1.165) is 17.3 Å². The van der Waals surface area contributed by atoms with Crippen molar-refractivity contribution in [1.82, 2.24) is 10.6 Å². The quantitative estimate of drug-likeness (QED) is 0.779. The van der Waals surface area contributed by atoms with E-state index in [9.17, 15) is 14.4 Å². The number of amidine groups is 1. The Labute approximate surface area is 161 Å². The lowest BCUT2D eigenvalue weighted by atomic mass is 9.97. The van der Waals surface area contributed by atoms with Gasteiger partial charge in [0.25, 0.3) is 5.91 Å². The largest absolute Gasteiger partial charge is 0.349 e. The van der Waals surface area contributed by atoms with E-state index in [2.05, 4.69) is 15.6 Å². The fourth-order valence-corrected chi connectivity index (χ4v) is 3.41. The summed E-state index contributed by atoms with van der Waals surface area (Å²) in [6.07, 6.45) is 0. The molecular formula is C20H19N3O3S. The number of hydrogen-bond acceptors (Lipinski definition) is 4. The van der Waals surface area contributed by atoms with Crippen LogP contribution in [0.3, 0.4) is 0 Å². The van der Waals surface area contributed by atoms with Crippen LogP contribution < -0.4 is 10.6 Å². The maximum Gasteiger partial charge on any atom is 0.265 e. The average Bonchev–Trinajstić information content (AvgIpc) is 2.67. The molecular weight excluding hydrogens is 362 g/mol. The van der Waals surface area contributed by atoms with Crippen LogP contribution in [0.5, 0.6) is 0 Å². The van der Waals surface area contributed by atoms with Crippen molar-refractivity contribution in [2.24, 2.45) is 4.99 Å². The van der Waals surface area contributed by atoms with Gasteiger partial charge in [0.05, 0.1) is 11.8 Å². The van der Waals surface area contributed by atoms with Gasteiger partial charge in [-0.3, -0.25) is 14.4 Å². The second-order valence-electron chi connectivity index (χ2n) is 6.08. The molecule has 1 aliphatic rings. The zero-order chi connectivity index (χ0) is 19.2. The van der Waals surface area contributed by atoms with Gasteiger partial charge in [0.15, 0.2) is 5.17 Å². The smallest absolute Gasteiger partial charge is 0.265 e. The van der Waals surface area contributed by atoms with Crippen LogP contribution in [0.2, 0.25) is 0 Å². The highest BCUT2D eigenvalue weighted by Crippen LogP contribution is 2.22.